The molecule has 0 aliphatic heterocycles. The second-order valence-electron chi connectivity index (χ2n) is 6.86. The fourth-order valence-electron chi connectivity index (χ4n) is 3.01. The minimum Gasteiger partial charge on any atom is -0.497 e. The third-order valence-corrected chi connectivity index (χ3v) is 5.42. The lowest BCUT2D eigenvalue weighted by Crippen LogP contribution is -2.30. The molecule has 0 unspecified atom stereocenters. The SMILES string of the molecule is COc1ccc(-c2nc(CN(C)CC(=O)Nc3c(C)cccc3C)cs2)cc1. The molecule has 1 amide bonds. The molecule has 28 heavy (non-hydrogen) atoms. The van der Waals surface area contributed by atoms with Gasteiger partial charge in [0.25, 0.3) is 0 Å². The summed E-state index contributed by atoms with van der Waals surface area (Å²) in [5, 5.41) is 6.03. The third kappa shape index (κ3) is 4.97. The second-order valence-corrected chi connectivity index (χ2v) is 7.72. The smallest absolute Gasteiger partial charge is 0.238 e. The van der Waals surface area contributed by atoms with Gasteiger partial charge in [-0.3, -0.25) is 9.69 Å². The molecule has 0 fully saturated rings. The summed E-state index contributed by atoms with van der Waals surface area (Å²) in [7, 11) is 3.58. The van der Waals surface area contributed by atoms with E-state index in [0.29, 0.717) is 13.1 Å². The van der Waals surface area contributed by atoms with E-state index < -0.39 is 0 Å². The molecule has 1 N–H and O–H groups in total. The number of hydrogen-bond donors (Lipinski definition) is 1. The van der Waals surface area contributed by atoms with Crippen molar-refractivity contribution in [3.05, 3.63) is 64.7 Å². The van der Waals surface area contributed by atoms with Gasteiger partial charge in [0.1, 0.15) is 10.8 Å². The molecule has 0 spiro atoms. The largest absolute Gasteiger partial charge is 0.497 e. The normalized spacial score (nSPS) is 10.9. The van der Waals surface area contributed by atoms with Crippen LogP contribution in [-0.2, 0) is 11.3 Å². The van der Waals surface area contributed by atoms with Crippen LogP contribution in [0, 0.1) is 13.8 Å². The molecule has 0 bridgehead atoms. The number of anilines is 1. The van der Waals surface area contributed by atoms with Gasteiger partial charge in [-0.15, -0.1) is 11.3 Å². The minimum absolute atomic E-state index is 0.0227. The van der Waals surface area contributed by atoms with Gasteiger partial charge < -0.3 is 10.1 Å². The molecule has 1 aromatic heterocycles. The molecule has 6 heteroatoms. The Bertz CT molecular complexity index is 930. The summed E-state index contributed by atoms with van der Waals surface area (Å²) in [5.74, 6) is 0.806. The molecule has 0 atom stereocenters. The van der Waals surface area contributed by atoms with Gasteiger partial charge in [-0.25, -0.2) is 4.98 Å². The highest BCUT2D eigenvalue weighted by Crippen LogP contribution is 2.26. The van der Waals surface area contributed by atoms with Crippen LogP contribution in [0.3, 0.4) is 0 Å². The molecular weight excluding hydrogens is 370 g/mol. The molecule has 146 valence electrons. The van der Waals surface area contributed by atoms with Gasteiger partial charge in [-0.2, -0.15) is 0 Å². The Balaban J connectivity index is 1.58. The number of hydrogen-bond acceptors (Lipinski definition) is 5. The zero-order valence-corrected chi connectivity index (χ0v) is 17.5. The van der Waals surface area contributed by atoms with E-state index in [4.69, 9.17) is 9.72 Å². The van der Waals surface area contributed by atoms with Gasteiger partial charge in [-0.05, 0) is 56.3 Å². The maximum absolute atomic E-state index is 12.4. The number of likely N-dealkylation sites (N-methyl/N-ethyl adjacent to an activating group) is 1. The summed E-state index contributed by atoms with van der Waals surface area (Å²) in [4.78, 5) is 19.1. The first-order valence-electron chi connectivity index (χ1n) is 9.09. The standard InChI is InChI=1S/C22H25N3O2S/c1-15-6-5-7-16(2)21(15)24-20(26)13-25(3)12-18-14-28-22(23-18)17-8-10-19(27-4)11-9-17/h5-11,14H,12-13H2,1-4H3,(H,24,26). The Labute approximate surface area is 170 Å². The second kappa shape index (κ2) is 8.99. The van der Waals surface area contributed by atoms with Crippen molar-refractivity contribution in [2.24, 2.45) is 0 Å². The molecule has 0 radical (unpaired) electrons. The summed E-state index contributed by atoms with van der Waals surface area (Å²) >= 11 is 1.60. The Hall–Kier alpha value is -2.70. The number of benzene rings is 2. The lowest BCUT2D eigenvalue weighted by molar-refractivity contribution is -0.117. The van der Waals surface area contributed by atoms with Gasteiger partial charge in [-0.1, -0.05) is 18.2 Å². The molecule has 2 aromatic carbocycles. The molecule has 0 aliphatic carbocycles. The van der Waals surface area contributed by atoms with Crippen LogP contribution in [0.4, 0.5) is 5.69 Å². The number of carbonyl (C=O) groups is 1. The minimum atomic E-state index is -0.0227. The van der Waals surface area contributed by atoms with Gasteiger partial charge >= 0.3 is 0 Å². The van der Waals surface area contributed by atoms with Crippen LogP contribution in [0.5, 0.6) is 5.75 Å². The van der Waals surface area contributed by atoms with Gasteiger partial charge in [0.2, 0.25) is 5.91 Å². The van der Waals surface area contributed by atoms with E-state index in [1.165, 1.54) is 0 Å². The first kappa shape index (κ1) is 20.0. The number of aryl methyl sites for hydroxylation is 2. The maximum Gasteiger partial charge on any atom is 0.238 e. The molecule has 0 saturated heterocycles. The van der Waals surface area contributed by atoms with Crippen LogP contribution >= 0.6 is 11.3 Å². The summed E-state index contributed by atoms with van der Waals surface area (Å²) in [5.41, 5.74) is 5.06. The van der Waals surface area contributed by atoms with Crippen LogP contribution in [0.1, 0.15) is 16.8 Å². The predicted octanol–water partition coefficient (Wildman–Crippen LogP) is 4.51. The van der Waals surface area contributed by atoms with Crippen LogP contribution in [0.25, 0.3) is 10.6 Å². The summed E-state index contributed by atoms with van der Waals surface area (Å²) in [6.07, 6.45) is 0. The zero-order chi connectivity index (χ0) is 20.1. The predicted molar refractivity (Wildman–Crippen MR) is 115 cm³/mol. The van der Waals surface area contributed by atoms with Crippen molar-refractivity contribution < 1.29 is 9.53 Å². The van der Waals surface area contributed by atoms with Crippen molar-refractivity contribution in [2.75, 3.05) is 26.0 Å². The van der Waals surface area contributed by atoms with Crippen LogP contribution in [0.2, 0.25) is 0 Å². The Kier molecular flexibility index (Phi) is 6.44. The van der Waals surface area contributed by atoms with Crippen molar-refractivity contribution in [1.29, 1.82) is 0 Å². The van der Waals surface area contributed by atoms with Gasteiger partial charge in [0.05, 0.1) is 19.3 Å². The van der Waals surface area contributed by atoms with E-state index in [1.54, 1.807) is 18.4 Å². The van der Waals surface area contributed by atoms with Crippen molar-refractivity contribution in [1.82, 2.24) is 9.88 Å². The molecule has 0 saturated carbocycles. The number of nitrogens with zero attached hydrogens (tertiary/aromatic N) is 2. The Morgan fingerprint density at radius 1 is 1.14 bits per heavy atom. The number of methoxy groups -OCH3 is 1. The lowest BCUT2D eigenvalue weighted by atomic mass is 10.1. The van der Waals surface area contributed by atoms with Crippen LogP contribution < -0.4 is 10.1 Å². The zero-order valence-electron chi connectivity index (χ0n) is 16.7. The topological polar surface area (TPSA) is 54.5 Å². The summed E-state index contributed by atoms with van der Waals surface area (Å²) in [6.45, 7) is 4.93. The number of thiazole rings is 1. The molecule has 1 heterocycles. The number of nitrogens with one attached hydrogen (secondary N) is 1. The van der Waals surface area contributed by atoms with E-state index in [2.05, 4.69) is 5.32 Å². The fourth-order valence-corrected chi connectivity index (χ4v) is 3.83. The molecule has 3 rings (SSSR count). The Morgan fingerprint density at radius 2 is 1.82 bits per heavy atom. The average molecular weight is 396 g/mol. The average Bonchev–Trinajstić information content (AvgIpc) is 3.13. The third-order valence-electron chi connectivity index (χ3n) is 4.48. The van der Waals surface area contributed by atoms with E-state index in [0.717, 1.165) is 38.8 Å². The van der Waals surface area contributed by atoms with E-state index in [1.807, 2.05) is 73.6 Å². The first-order valence-corrected chi connectivity index (χ1v) is 9.97. The molecule has 0 aliphatic rings. The number of para-hydroxylation sites is 1. The number of ether oxygens (including phenoxy) is 1. The van der Waals surface area contributed by atoms with Crippen molar-refractivity contribution in [2.45, 2.75) is 20.4 Å². The lowest BCUT2D eigenvalue weighted by Gasteiger charge is -2.16. The molecule has 3 aromatic rings. The monoisotopic (exact) mass is 395 g/mol. The van der Waals surface area contributed by atoms with Crippen molar-refractivity contribution in [3.8, 4) is 16.3 Å². The summed E-state index contributed by atoms with van der Waals surface area (Å²) in [6, 6.07) is 13.9. The Morgan fingerprint density at radius 3 is 2.46 bits per heavy atom. The first-order chi connectivity index (χ1) is 13.5. The van der Waals surface area contributed by atoms with Crippen LogP contribution in [-0.4, -0.2) is 36.5 Å². The van der Waals surface area contributed by atoms with Crippen molar-refractivity contribution >= 4 is 22.9 Å². The number of rotatable bonds is 7. The van der Waals surface area contributed by atoms with Crippen LogP contribution in [0.15, 0.2) is 47.8 Å². The van der Waals surface area contributed by atoms with Gasteiger partial charge in [0.15, 0.2) is 0 Å². The van der Waals surface area contributed by atoms with E-state index in [9.17, 15) is 4.79 Å². The van der Waals surface area contributed by atoms with E-state index >= 15 is 0 Å². The highest BCUT2D eigenvalue weighted by Gasteiger charge is 2.12. The maximum atomic E-state index is 12.4. The summed E-state index contributed by atoms with van der Waals surface area (Å²) < 4.78 is 5.20. The van der Waals surface area contributed by atoms with Gasteiger partial charge in [0, 0.05) is 23.2 Å². The quantitative estimate of drug-likeness (QED) is 0.640. The highest BCUT2D eigenvalue weighted by molar-refractivity contribution is 7.13. The fraction of sp³-hybridized carbons (Fsp3) is 0.273. The number of aromatic nitrogens is 1. The number of carbonyl (C=O) groups excluding carboxylic acids is 1. The molecule has 5 nitrogen and oxygen atoms in total. The number of amides is 1. The molecular formula is C22H25N3O2S. The van der Waals surface area contributed by atoms with E-state index in [-0.39, 0.29) is 5.91 Å². The van der Waals surface area contributed by atoms with Crippen molar-refractivity contribution in [3.63, 3.8) is 0 Å². The highest BCUT2D eigenvalue weighted by atomic mass is 32.1.